The van der Waals surface area contributed by atoms with Crippen LogP contribution in [0, 0.1) is 0 Å². The molecule has 0 unspecified atom stereocenters. The van der Waals surface area contributed by atoms with Crippen LogP contribution in [0.5, 0.6) is 5.75 Å². The maximum Gasteiger partial charge on any atom is 0.343 e. The van der Waals surface area contributed by atoms with E-state index >= 15 is 0 Å². The van der Waals surface area contributed by atoms with Gasteiger partial charge >= 0.3 is 5.97 Å². The summed E-state index contributed by atoms with van der Waals surface area (Å²) in [6, 6.07) is 15.2. The molecule has 134 valence electrons. The lowest BCUT2D eigenvalue weighted by Gasteiger charge is -2.05. The lowest BCUT2D eigenvalue weighted by atomic mass is 10.2. The number of ether oxygens (including phenoxy) is 2. The van der Waals surface area contributed by atoms with Crippen LogP contribution in [-0.4, -0.2) is 35.5 Å². The number of aryl methyl sites for hydroxylation is 1. The minimum absolute atomic E-state index is 0.112. The van der Waals surface area contributed by atoms with Gasteiger partial charge in [-0.3, -0.25) is 0 Å². The van der Waals surface area contributed by atoms with Gasteiger partial charge in [-0.05, 0) is 48.9 Å². The van der Waals surface area contributed by atoms with Crippen LogP contribution in [0.25, 0.3) is 11.0 Å². The highest BCUT2D eigenvalue weighted by atomic mass is 16.6. The number of nitrogens with zero attached hydrogens (tertiary/aromatic N) is 3. The number of aromatic nitrogens is 2. The number of carbonyl (C=O) groups excluding carboxylic acids is 1. The monoisotopic (exact) mass is 352 g/mol. The Morgan fingerprint density at radius 3 is 2.73 bits per heavy atom. The lowest BCUT2D eigenvalue weighted by molar-refractivity contribution is -0.142. The van der Waals surface area contributed by atoms with Gasteiger partial charge in [-0.1, -0.05) is 12.1 Å². The van der Waals surface area contributed by atoms with Gasteiger partial charge in [-0.15, -0.1) is 0 Å². The van der Waals surface area contributed by atoms with Crippen molar-refractivity contribution in [2.24, 2.45) is 5.10 Å². The Morgan fingerprint density at radius 1 is 1.23 bits per heavy atom. The highest BCUT2D eigenvalue weighted by molar-refractivity contribution is 5.81. The topological polar surface area (TPSA) is 77.7 Å². The molecular weight excluding hydrogens is 332 g/mol. The van der Waals surface area contributed by atoms with Crippen molar-refractivity contribution in [3.8, 4) is 5.75 Å². The van der Waals surface area contributed by atoms with Crippen molar-refractivity contribution in [3.05, 3.63) is 54.1 Å². The lowest BCUT2D eigenvalue weighted by Crippen LogP contribution is -2.12. The van der Waals surface area contributed by atoms with Crippen molar-refractivity contribution in [3.63, 3.8) is 0 Å². The van der Waals surface area contributed by atoms with Gasteiger partial charge in [0.25, 0.3) is 0 Å². The molecule has 0 aliphatic carbocycles. The van der Waals surface area contributed by atoms with E-state index in [2.05, 4.69) is 31.7 Å². The van der Waals surface area contributed by atoms with Gasteiger partial charge < -0.3 is 14.0 Å². The number of carbonyl (C=O) groups is 1. The van der Waals surface area contributed by atoms with Gasteiger partial charge in [-0.2, -0.15) is 5.10 Å². The Morgan fingerprint density at radius 2 is 2.00 bits per heavy atom. The Balaban J connectivity index is 1.64. The van der Waals surface area contributed by atoms with Gasteiger partial charge in [-0.25, -0.2) is 15.2 Å². The first kappa shape index (κ1) is 17.5. The second kappa shape index (κ2) is 8.15. The van der Waals surface area contributed by atoms with Crippen LogP contribution in [-0.2, 0) is 16.1 Å². The third-order valence-corrected chi connectivity index (χ3v) is 3.81. The molecular formula is C19H20N4O3. The van der Waals surface area contributed by atoms with Gasteiger partial charge in [0.1, 0.15) is 5.75 Å². The molecule has 1 aromatic heterocycles. The highest BCUT2D eigenvalue weighted by Gasteiger charge is 2.07. The molecule has 0 radical (unpaired) electrons. The highest BCUT2D eigenvalue weighted by Crippen LogP contribution is 2.19. The summed E-state index contributed by atoms with van der Waals surface area (Å²) >= 11 is 0. The second-order valence-corrected chi connectivity index (χ2v) is 5.47. The first-order chi connectivity index (χ1) is 12.7. The molecule has 3 rings (SSSR count). The van der Waals surface area contributed by atoms with E-state index in [-0.39, 0.29) is 6.61 Å². The van der Waals surface area contributed by atoms with Gasteiger partial charge in [0.2, 0.25) is 5.95 Å². The molecule has 0 amide bonds. The summed E-state index contributed by atoms with van der Waals surface area (Å²) < 4.78 is 11.9. The van der Waals surface area contributed by atoms with Crippen LogP contribution in [0.15, 0.2) is 53.6 Å². The van der Waals surface area contributed by atoms with E-state index in [0.717, 1.165) is 23.1 Å². The Labute approximate surface area is 151 Å². The number of nitrogens with one attached hydrogen (secondary N) is 1. The standard InChI is InChI=1S/C19H20N4O3/c1-3-23-17-7-5-4-6-16(17)21-19(23)22-20-12-14-8-10-15(11-9-14)26-13-18(24)25-2/h4-12H,3,13H2,1-2H3,(H,21,22)/b20-12-. The van der Waals surface area contributed by atoms with Crippen molar-refractivity contribution in [1.29, 1.82) is 0 Å². The number of rotatable bonds is 7. The molecule has 0 atom stereocenters. The molecule has 0 saturated carbocycles. The zero-order chi connectivity index (χ0) is 18.4. The second-order valence-electron chi connectivity index (χ2n) is 5.47. The molecule has 0 spiro atoms. The zero-order valence-electron chi connectivity index (χ0n) is 14.7. The number of hydrogen-bond acceptors (Lipinski definition) is 6. The van der Waals surface area contributed by atoms with Crippen molar-refractivity contribution in [2.45, 2.75) is 13.5 Å². The van der Waals surface area contributed by atoms with Crippen molar-refractivity contribution in [1.82, 2.24) is 9.55 Å². The molecule has 3 aromatic rings. The van der Waals surface area contributed by atoms with E-state index in [1.54, 1.807) is 18.3 Å². The Hall–Kier alpha value is -3.35. The third-order valence-electron chi connectivity index (χ3n) is 3.81. The van der Waals surface area contributed by atoms with Gasteiger partial charge in [0, 0.05) is 6.54 Å². The molecule has 7 heteroatoms. The summed E-state index contributed by atoms with van der Waals surface area (Å²) in [5.41, 5.74) is 5.88. The normalized spacial score (nSPS) is 11.0. The number of hydrogen-bond donors (Lipinski definition) is 1. The quantitative estimate of drug-likeness (QED) is 0.402. The Bertz CT molecular complexity index is 916. The predicted molar refractivity (Wildman–Crippen MR) is 101 cm³/mol. The average molecular weight is 352 g/mol. The van der Waals surface area contributed by atoms with Crippen LogP contribution in [0.3, 0.4) is 0 Å². The molecule has 0 saturated heterocycles. The van der Waals surface area contributed by atoms with Crippen LogP contribution < -0.4 is 10.2 Å². The summed E-state index contributed by atoms with van der Waals surface area (Å²) in [7, 11) is 1.32. The average Bonchev–Trinajstić information content (AvgIpc) is 3.04. The molecule has 1 N–H and O–H groups in total. The maximum atomic E-state index is 11.1. The number of imidazole rings is 1. The fourth-order valence-corrected chi connectivity index (χ4v) is 2.50. The van der Waals surface area contributed by atoms with Gasteiger partial charge in [0.15, 0.2) is 6.61 Å². The zero-order valence-corrected chi connectivity index (χ0v) is 14.7. The fourth-order valence-electron chi connectivity index (χ4n) is 2.50. The molecule has 0 aliphatic heterocycles. The summed E-state index contributed by atoms with van der Waals surface area (Å²) in [5.74, 6) is 0.870. The largest absolute Gasteiger partial charge is 0.482 e. The van der Waals surface area contributed by atoms with E-state index in [9.17, 15) is 4.79 Å². The maximum absolute atomic E-state index is 11.1. The number of esters is 1. The molecule has 26 heavy (non-hydrogen) atoms. The van der Waals surface area contributed by atoms with E-state index in [4.69, 9.17) is 4.74 Å². The summed E-state index contributed by atoms with van der Waals surface area (Å²) in [6.45, 7) is 2.75. The van der Waals surface area contributed by atoms with Crippen LogP contribution >= 0.6 is 0 Å². The van der Waals surface area contributed by atoms with E-state index in [1.807, 2.05) is 36.4 Å². The van der Waals surface area contributed by atoms with E-state index < -0.39 is 5.97 Å². The molecule has 0 fully saturated rings. The Kier molecular flexibility index (Phi) is 5.48. The van der Waals surface area contributed by atoms with Crippen LogP contribution in [0.4, 0.5) is 5.95 Å². The molecule has 0 bridgehead atoms. The SMILES string of the molecule is CCn1c(N/N=C\c2ccc(OCC(=O)OC)cc2)nc2ccccc21. The number of anilines is 1. The van der Waals surface area contributed by atoms with E-state index in [0.29, 0.717) is 11.7 Å². The number of methoxy groups -OCH3 is 1. The number of hydrazone groups is 1. The summed E-state index contributed by atoms with van der Waals surface area (Å²) in [4.78, 5) is 15.6. The summed E-state index contributed by atoms with van der Waals surface area (Å²) in [5, 5.41) is 4.26. The smallest absolute Gasteiger partial charge is 0.343 e. The van der Waals surface area contributed by atoms with E-state index in [1.165, 1.54) is 7.11 Å². The minimum Gasteiger partial charge on any atom is -0.482 e. The van der Waals surface area contributed by atoms with Gasteiger partial charge in [0.05, 0.1) is 24.4 Å². The fraction of sp³-hybridized carbons (Fsp3) is 0.211. The van der Waals surface area contributed by atoms with Crippen LogP contribution in [0.1, 0.15) is 12.5 Å². The summed E-state index contributed by atoms with van der Waals surface area (Å²) in [6.07, 6.45) is 1.70. The number of fused-ring (bicyclic) bond motifs is 1. The molecule has 7 nitrogen and oxygen atoms in total. The third kappa shape index (κ3) is 4.00. The first-order valence-electron chi connectivity index (χ1n) is 8.25. The minimum atomic E-state index is -0.418. The van der Waals surface area contributed by atoms with Crippen LogP contribution in [0.2, 0.25) is 0 Å². The van der Waals surface area contributed by atoms with Crippen molar-refractivity contribution >= 4 is 29.2 Å². The molecule has 2 aromatic carbocycles. The number of para-hydroxylation sites is 2. The first-order valence-corrected chi connectivity index (χ1v) is 8.25. The number of benzene rings is 2. The molecule has 1 heterocycles. The van der Waals surface area contributed by atoms with Crippen molar-refractivity contribution in [2.75, 3.05) is 19.1 Å². The predicted octanol–water partition coefficient (Wildman–Crippen LogP) is 3.05. The molecule has 0 aliphatic rings. The van der Waals surface area contributed by atoms with Crippen molar-refractivity contribution < 1.29 is 14.3 Å².